The van der Waals surface area contributed by atoms with Gasteiger partial charge in [0.15, 0.2) is 23.0 Å². The number of likely N-dealkylation sites (N-methyl/N-ethyl adjacent to an activating group) is 1. The van der Waals surface area contributed by atoms with Crippen molar-refractivity contribution in [3.63, 3.8) is 0 Å². The molecule has 546 valence electrons. The Morgan fingerprint density at radius 3 is 1.63 bits per heavy atom. The van der Waals surface area contributed by atoms with E-state index in [1.165, 1.54) is 108 Å². The number of anilines is 2. The van der Waals surface area contributed by atoms with Crippen LogP contribution in [0.1, 0.15) is 194 Å². The van der Waals surface area contributed by atoms with Crippen molar-refractivity contribution in [2.24, 2.45) is 21.8 Å². The first-order valence-corrected chi connectivity index (χ1v) is 38.4. The van der Waals surface area contributed by atoms with E-state index in [0.29, 0.717) is 102 Å². The molecule has 0 bridgehead atoms. The molecular formula is C80H104N10O11S. The molecular weight excluding hydrogens is 1310 g/mol. The molecule has 7 amide bonds. The predicted octanol–water partition coefficient (Wildman–Crippen LogP) is 13.3. The first kappa shape index (κ1) is 74.7. The van der Waals surface area contributed by atoms with E-state index in [0.717, 1.165) is 54.2 Å². The molecule has 1 saturated carbocycles. The number of aliphatic imine (C=N–C) groups is 2. The van der Waals surface area contributed by atoms with Crippen molar-refractivity contribution in [1.29, 1.82) is 0 Å². The van der Waals surface area contributed by atoms with E-state index in [2.05, 4.69) is 57.1 Å². The number of benzene rings is 4. The summed E-state index contributed by atoms with van der Waals surface area (Å²) in [6, 6.07) is 20.3. The Kier molecular flexibility index (Phi) is 26.4. The Hall–Kier alpha value is -8.50. The number of rotatable bonds is 26. The van der Waals surface area contributed by atoms with Crippen molar-refractivity contribution in [2.75, 3.05) is 83.2 Å². The molecule has 0 spiro atoms. The average molecular weight is 1410 g/mol. The number of nitrogens with one attached hydrogen (secondary N) is 3. The zero-order valence-corrected chi connectivity index (χ0v) is 61.3. The minimum absolute atomic E-state index is 0.0762. The number of hydrogen-bond donors (Lipinski definition) is 3. The Morgan fingerprint density at radius 2 is 1.11 bits per heavy atom. The molecule has 3 fully saturated rings. The van der Waals surface area contributed by atoms with E-state index in [1.807, 2.05) is 44.6 Å². The maximum Gasteiger partial charge on any atom is 0.260 e. The van der Waals surface area contributed by atoms with Gasteiger partial charge in [0, 0.05) is 113 Å². The first-order chi connectivity index (χ1) is 49.5. The lowest BCUT2D eigenvalue weighted by Gasteiger charge is -2.34. The fourth-order valence-electron chi connectivity index (χ4n) is 14.6. The zero-order chi connectivity index (χ0) is 71.7. The number of thioether (sulfide) groups is 1. The molecule has 5 atom stereocenters. The van der Waals surface area contributed by atoms with Gasteiger partial charge in [-0.25, -0.2) is 0 Å². The molecule has 7 aliphatic rings. The van der Waals surface area contributed by atoms with Crippen LogP contribution in [0.4, 0.5) is 22.7 Å². The van der Waals surface area contributed by atoms with Gasteiger partial charge in [-0.15, -0.1) is 11.8 Å². The summed E-state index contributed by atoms with van der Waals surface area (Å²) >= 11 is 1.68. The number of carbonyl (C=O) groups is 7. The van der Waals surface area contributed by atoms with Gasteiger partial charge in [-0.05, 0) is 116 Å². The molecule has 6 heterocycles. The molecule has 0 radical (unpaired) electrons. The average Bonchev–Trinajstić information content (AvgIpc) is 1.62. The van der Waals surface area contributed by atoms with Gasteiger partial charge in [-0.2, -0.15) is 0 Å². The number of methoxy groups -OCH3 is 2. The molecule has 6 aliphatic heterocycles. The number of amides is 7. The van der Waals surface area contributed by atoms with Gasteiger partial charge in [-0.1, -0.05) is 122 Å². The topological polar surface area (TPSA) is 233 Å². The van der Waals surface area contributed by atoms with Crippen LogP contribution < -0.4 is 39.8 Å². The van der Waals surface area contributed by atoms with Crippen molar-refractivity contribution in [1.82, 2.24) is 30.2 Å². The molecule has 21 nitrogen and oxygen atoms in total. The standard InChI is InChI=1S/C80H104N10O11S/c1-53(2)75(85-73(91)25-20-17-21-34-88-74(92)47-72(80(88)97)102-52-55-23-18-15-13-11-9-7-8-10-12-14-16-19-24-55)77(94)83-54(3)76(93)84-60-30-26-56(27-31-60)58-41-62-48-81-66-45-70(68(98-5)43-64(66)78(95)89(62)50-58)100-39-22-40-101-71-46-67-65(44-69(71)99-6)79(96)90-51-59(42-63(90)49-82-67)57-28-32-61(33-29-57)87-37-35-86(4)36-38-87/h26-33,43-46,48-51,53-55,62-63,72,75H,7-25,34-42,47,52H2,1-6H3,(H,83,94)(H,84,93)(H,85,91)/t54-,62-,63-,72?,75-/m0/s1. The second kappa shape index (κ2) is 36.1. The number of ether oxygens (including phenoxy) is 4. The number of carbonyl (C=O) groups excluding carboxylic acids is 7. The minimum Gasteiger partial charge on any atom is -0.493 e. The highest BCUT2D eigenvalue weighted by molar-refractivity contribution is 8.00. The Balaban J connectivity index is 0.592. The van der Waals surface area contributed by atoms with Gasteiger partial charge in [-0.3, -0.25) is 48.4 Å². The monoisotopic (exact) mass is 1410 g/mol. The molecule has 1 unspecified atom stereocenters. The Bertz CT molecular complexity index is 3740. The predicted molar refractivity (Wildman–Crippen MR) is 403 cm³/mol. The molecule has 1 aliphatic carbocycles. The van der Waals surface area contributed by atoms with Crippen LogP contribution in [0, 0.1) is 11.8 Å². The molecule has 0 aromatic heterocycles. The fraction of sp³-hybridized carbons (Fsp3) is 0.537. The van der Waals surface area contributed by atoms with Crippen LogP contribution in [0.25, 0.3) is 11.1 Å². The van der Waals surface area contributed by atoms with E-state index in [9.17, 15) is 33.6 Å². The Morgan fingerprint density at radius 1 is 0.588 bits per heavy atom. The number of nitrogens with zero attached hydrogens (tertiary/aromatic N) is 7. The lowest BCUT2D eigenvalue weighted by atomic mass is 9.96. The quantitative estimate of drug-likeness (QED) is 0.0392. The summed E-state index contributed by atoms with van der Waals surface area (Å²) in [5.74, 6) is 1.12. The zero-order valence-electron chi connectivity index (χ0n) is 60.5. The van der Waals surface area contributed by atoms with Crippen LogP contribution in [0.15, 0.2) is 95.2 Å². The van der Waals surface area contributed by atoms with Crippen molar-refractivity contribution in [3.8, 4) is 23.0 Å². The van der Waals surface area contributed by atoms with Gasteiger partial charge in [0.05, 0.1) is 67.3 Å². The van der Waals surface area contributed by atoms with E-state index >= 15 is 0 Å². The lowest BCUT2D eigenvalue weighted by molar-refractivity contribution is -0.138. The van der Waals surface area contributed by atoms with Crippen LogP contribution >= 0.6 is 11.8 Å². The highest BCUT2D eigenvalue weighted by Gasteiger charge is 2.40. The Labute approximate surface area is 606 Å². The summed E-state index contributed by atoms with van der Waals surface area (Å²) in [4.78, 5) is 114. The number of hydrogen-bond acceptors (Lipinski definition) is 16. The largest absolute Gasteiger partial charge is 0.493 e. The number of piperazine rings is 1. The van der Waals surface area contributed by atoms with Crippen molar-refractivity contribution in [2.45, 2.75) is 191 Å². The lowest BCUT2D eigenvalue weighted by Crippen LogP contribution is -2.53. The second-order valence-electron chi connectivity index (χ2n) is 28.8. The maximum absolute atomic E-state index is 14.3. The third-order valence-corrected chi connectivity index (χ3v) is 22.3. The molecule has 3 N–H and O–H groups in total. The molecule has 4 aromatic carbocycles. The van der Waals surface area contributed by atoms with E-state index in [4.69, 9.17) is 28.9 Å². The van der Waals surface area contributed by atoms with E-state index in [-0.39, 0.29) is 78.8 Å². The minimum atomic E-state index is -0.928. The van der Waals surface area contributed by atoms with Crippen LogP contribution in [0.2, 0.25) is 0 Å². The first-order valence-electron chi connectivity index (χ1n) is 37.4. The molecule has 2 saturated heterocycles. The van der Waals surface area contributed by atoms with E-state index < -0.39 is 23.9 Å². The summed E-state index contributed by atoms with van der Waals surface area (Å²) in [6.45, 7) is 10.2. The SMILES string of the molecule is COc1cc2c(cc1OCCCOc1cc3c(cc1OC)C(=O)N1C=C(c4ccc(N5CCN(C)CC5)cc4)C[C@H]1C=N3)N=C[C@@H]1CC(c3ccc(NC(=O)[C@H](C)NC(=O)[C@@H](NC(=O)CCCCCN4C(=O)CC(SCC5CCCCCCCCCCCCCC5)C4=O)C(C)C)cc3)=CN1C2=O. The summed E-state index contributed by atoms with van der Waals surface area (Å²) in [5, 5.41) is 8.22. The van der Waals surface area contributed by atoms with Crippen molar-refractivity contribution in [3.05, 3.63) is 107 Å². The van der Waals surface area contributed by atoms with Crippen LogP contribution in [-0.2, 0) is 24.0 Å². The summed E-state index contributed by atoms with van der Waals surface area (Å²) in [5.41, 5.74) is 7.37. The van der Waals surface area contributed by atoms with Gasteiger partial charge >= 0.3 is 0 Å². The van der Waals surface area contributed by atoms with Crippen molar-refractivity contribution < 1.29 is 52.5 Å². The number of fused-ring (bicyclic) bond motifs is 4. The maximum atomic E-state index is 14.3. The molecule has 11 rings (SSSR count). The van der Waals surface area contributed by atoms with Crippen molar-refractivity contribution >= 4 is 99.4 Å². The highest BCUT2D eigenvalue weighted by atomic mass is 32.2. The van der Waals surface area contributed by atoms with Gasteiger partial charge < -0.3 is 54.5 Å². The number of unbranched alkanes of at least 4 members (excludes halogenated alkanes) is 2. The van der Waals surface area contributed by atoms with E-state index in [1.54, 1.807) is 78.2 Å². The molecule has 4 aromatic rings. The number of imide groups is 1. The summed E-state index contributed by atoms with van der Waals surface area (Å²) < 4.78 is 23.9. The van der Waals surface area contributed by atoms with Crippen LogP contribution in [0.5, 0.6) is 23.0 Å². The van der Waals surface area contributed by atoms with Gasteiger partial charge in [0.25, 0.3) is 11.8 Å². The highest BCUT2D eigenvalue weighted by Crippen LogP contribution is 2.43. The summed E-state index contributed by atoms with van der Waals surface area (Å²) in [6.07, 6.45) is 29.4. The smallest absolute Gasteiger partial charge is 0.260 e. The van der Waals surface area contributed by atoms with Crippen LogP contribution in [-0.4, -0.2) is 176 Å². The molecule has 102 heavy (non-hydrogen) atoms. The second-order valence-corrected chi connectivity index (χ2v) is 30.0. The molecule has 22 heteroatoms. The fourth-order valence-corrected chi connectivity index (χ4v) is 16.0. The third-order valence-electron chi connectivity index (χ3n) is 20.9. The number of likely N-dealkylation sites (tertiary alicyclic amines) is 1. The summed E-state index contributed by atoms with van der Waals surface area (Å²) in [7, 11) is 5.22. The normalized spacial score (nSPS) is 20.6. The van der Waals surface area contributed by atoms with Gasteiger partial charge in [0.2, 0.25) is 29.5 Å². The van der Waals surface area contributed by atoms with Gasteiger partial charge in [0.1, 0.15) is 12.1 Å². The third kappa shape index (κ3) is 19.2. The van der Waals surface area contributed by atoms with Crippen LogP contribution in [0.3, 0.4) is 0 Å².